The average molecular weight is 367 g/mol. The molecule has 0 bridgehead atoms. The lowest BCUT2D eigenvalue weighted by Crippen LogP contribution is -2.52. The van der Waals surface area contributed by atoms with E-state index in [1.54, 1.807) is 6.33 Å². The maximum absolute atomic E-state index is 12.3. The van der Waals surface area contributed by atoms with Crippen LogP contribution in [0.1, 0.15) is 24.5 Å². The predicted octanol–water partition coefficient (Wildman–Crippen LogP) is 2.26. The smallest absolute Gasteiger partial charge is 0.317 e. The summed E-state index contributed by atoms with van der Waals surface area (Å²) in [6, 6.07) is 11.7. The Hall–Kier alpha value is -2.83. The molecule has 2 aliphatic rings. The Morgan fingerprint density at radius 3 is 2.63 bits per heavy atom. The standard InChI is InChI=1S/C20H25N5O2/c26-20(21-8-13-27-17-4-2-1-3-5-17)25-11-9-24(10-12-25)19-14-18(16-6-7-16)22-15-23-19/h1-5,14-16H,6-13H2,(H,21,26). The van der Waals surface area contributed by atoms with Crippen LogP contribution in [0.25, 0.3) is 0 Å². The van der Waals surface area contributed by atoms with Crippen LogP contribution < -0.4 is 15.0 Å². The topological polar surface area (TPSA) is 70.6 Å². The molecule has 27 heavy (non-hydrogen) atoms. The van der Waals surface area contributed by atoms with Gasteiger partial charge < -0.3 is 19.9 Å². The van der Waals surface area contributed by atoms with Gasteiger partial charge in [0.25, 0.3) is 0 Å². The monoisotopic (exact) mass is 367 g/mol. The molecular formula is C20H25N5O2. The maximum atomic E-state index is 12.3. The third-order valence-electron chi connectivity index (χ3n) is 4.95. The third-order valence-corrected chi connectivity index (χ3v) is 4.95. The van der Waals surface area contributed by atoms with E-state index in [0.29, 0.717) is 32.2 Å². The van der Waals surface area contributed by atoms with E-state index in [-0.39, 0.29) is 6.03 Å². The van der Waals surface area contributed by atoms with Crippen LogP contribution in [-0.2, 0) is 0 Å². The van der Waals surface area contributed by atoms with Crippen molar-refractivity contribution in [2.45, 2.75) is 18.8 Å². The van der Waals surface area contributed by atoms with E-state index in [1.165, 1.54) is 12.8 Å². The molecule has 1 saturated carbocycles. The van der Waals surface area contributed by atoms with E-state index in [2.05, 4.69) is 26.3 Å². The molecule has 0 spiro atoms. The number of nitrogens with one attached hydrogen (secondary N) is 1. The average Bonchev–Trinajstić information content (AvgIpc) is 3.58. The first-order chi connectivity index (χ1) is 13.3. The number of aromatic nitrogens is 2. The van der Waals surface area contributed by atoms with Crippen molar-refractivity contribution in [3.63, 3.8) is 0 Å². The molecule has 1 aliphatic carbocycles. The summed E-state index contributed by atoms with van der Waals surface area (Å²) in [4.78, 5) is 25.2. The first-order valence-corrected chi connectivity index (χ1v) is 9.57. The molecular weight excluding hydrogens is 342 g/mol. The zero-order valence-electron chi connectivity index (χ0n) is 15.4. The van der Waals surface area contributed by atoms with Crippen LogP contribution in [0.15, 0.2) is 42.7 Å². The molecule has 1 aliphatic heterocycles. The highest BCUT2D eigenvalue weighted by atomic mass is 16.5. The van der Waals surface area contributed by atoms with Crippen molar-refractivity contribution in [2.24, 2.45) is 0 Å². The Bertz CT molecular complexity index is 758. The van der Waals surface area contributed by atoms with E-state index < -0.39 is 0 Å². The molecule has 7 nitrogen and oxygen atoms in total. The Labute approximate surface area is 159 Å². The second-order valence-corrected chi connectivity index (χ2v) is 6.94. The summed E-state index contributed by atoms with van der Waals surface area (Å²) in [5, 5.41) is 2.93. The molecule has 2 amide bonds. The van der Waals surface area contributed by atoms with Crippen molar-refractivity contribution in [1.82, 2.24) is 20.2 Å². The summed E-state index contributed by atoms with van der Waals surface area (Å²) in [5.41, 5.74) is 1.15. The van der Waals surface area contributed by atoms with Crippen LogP contribution in [0.3, 0.4) is 0 Å². The fourth-order valence-corrected chi connectivity index (χ4v) is 3.23. The normalized spacial score (nSPS) is 16.9. The molecule has 0 atom stereocenters. The number of hydrogen-bond acceptors (Lipinski definition) is 5. The highest BCUT2D eigenvalue weighted by molar-refractivity contribution is 5.74. The minimum atomic E-state index is -0.0346. The zero-order valence-corrected chi connectivity index (χ0v) is 15.4. The molecule has 1 aromatic heterocycles. The van der Waals surface area contributed by atoms with Crippen LogP contribution in [0.2, 0.25) is 0 Å². The molecule has 7 heteroatoms. The maximum Gasteiger partial charge on any atom is 0.317 e. The lowest BCUT2D eigenvalue weighted by atomic mass is 10.2. The Balaban J connectivity index is 1.19. The fraction of sp³-hybridized carbons (Fsp3) is 0.450. The summed E-state index contributed by atoms with van der Waals surface area (Å²) in [5.74, 6) is 2.41. The van der Waals surface area contributed by atoms with Gasteiger partial charge in [-0.15, -0.1) is 0 Å². The van der Waals surface area contributed by atoms with Crippen molar-refractivity contribution < 1.29 is 9.53 Å². The van der Waals surface area contributed by atoms with Gasteiger partial charge in [-0.05, 0) is 25.0 Å². The number of carbonyl (C=O) groups excluding carboxylic acids is 1. The van der Waals surface area contributed by atoms with Crippen LogP contribution in [0.5, 0.6) is 5.75 Å². The largest absolute Gasteiger partial charge is 0.492 e. The van der Waals surface area contributed by atoms with Gasteiger partial charge in [0.05, 0.1) is 6.54 Å². The van der Waals surface area contributed by atoms with Crippen LogP contribution in [-0.4, -0.2) is 60.2 Å². The summed E-state index contributed by atoms with van der Waals surface area (Å²) < 4.78 is 5.60. The number of rotatable bonds is 6. The first-order valence-electron chi connectivity index (χ1n) is 9.57. The number of anilines is 1. The molecule has 142 valence electrons. The van der Waals surface area contributed by atoms with Gasteiger partial charge in [0, 0.05) is 43.9 Å². The van der Waals surface area contributed by atoms with E-state index in [4.69, 9.17) is 4.74 Å². The highest BCUT2D eigenvalue weighted by Gasteiger charge is 2.27. The van der Waals surface area contributed by atoms with Gasteiger partial charge in [-0.25, -0.2) is 14.8 Å². The van der Waals surface area contributed by atoms with Crippen LogP contribution in [0, 0.1) is 0 Å². The van der Waals surface area contributed by atoms with Gasteiger partial charge in [-0.1, -0.05) is 18.2 Å². The van der Waals surface area contributed by atoms with Crippen LogP contribution >= 0.6 is 0 Å². The second-order valence-electron chi connectivity index (χ2n) is 6.94. The fourth-order valence-electron chi connectivity index (χ4n) is 3.23. The molecule has 1 N–H and O–H groups in total. The van der Waals surface area contributed by atoms with Crippen molar-refractivity contribution in [3.8, 4) is 5.75 Å². The first kappa shape index (κ1) is 17.6. The van der Waals surface area contributed by atoms with Gasteiger partial charge in [0.2, 0.25) is 0 Å². The molecule has 0 unspecified atom stereocenters. The number of para-hydroxylation sites is 1. The quantitative estimate of drug-likeness (QED) is 0.793. The molecule has 0 radical (unpaired) electrons. The lowest BCUT2D eigenvalue weighted by molar-refractivity contribution is 0.191. The number of piperazine rings is 1. The van der Waals surface area contributed by atoms with Crippen molar-refractivity contribution >= 4 is 11.8 Å². The number of urea groups is 1. The van der Waals surface area contributed by atoms with Gasteiger partial charge in [0.15, 0.2) is 0 Å². The summed E-state index contributed by atoms with van der Waals surface area (Å²) >= 11 is 0. The van der Waals surface area contributed by atoms with Crippen LogP contribution in [0.4, 0.5) is 10.6 Å². The van der Waals surface area contributed by atoms with Gasteiger partial charge in [0.1, 0.15) is 24.5 Å². The minimum Gasteiger partial charge on any atom is -0.492 e. The lowest BCUT2D eigenvalue weighted by Gasteiger charge is -2.35. The SMILES string of the molecule is O=C(NCCOc1ccccc1)N1CCN(c2cc(C3CC3)ncn2)CC1. The van der Waals surface area contributed by atoms with E-state index in [0.717, 1.165) is 30.4 Å². The molecule has 2 fully saturated rings. The van der Waals surface area contributed by atoms with E-state index in [1.807, 2.05) is 35.2 Å². The van der Waals surface area contributed by atoms with Gasteiger partial charge >= 0.3 is 6.03 Å². The molecule has 1 aromatic carbocycles. The minimum absolute atomic E-state index is 0.0346. The van der Waals surface area contributed by atoms with Crippen molar-refractivity contribution in [3.05, 3.63) is 48.4 Å². The van der Waals surface area contributed by atoms with Crippen molar-refractivity contribution in [1.29, 1.82) is 0 Å². The summed E-state index contributed by atoms with van der Waals surface area (Å²) in [7, 11) is 0. The Morgan fingerprint density at radius 1 is 1.11 bits per heavy atom. The molecule has 4 rings (SSSR count). The van der Waals surface area contributed by atoms with Crippen molar-refractivity contribution in [2.75, 3.05) is 44.2 Å². The van der Waals surface area contributed by atoms with Gasteiger partial charge in [-0.3, -0.25) is 0 Å². The second kappa shape index (κ2) is 8.24. The number of carbonyl (C=O) groups is 1. The van der Waals surface area contributed by atoms with E-state index >= 15 is 0 Å². The number of amides is 2. The number of nitrogens with zero attached hydrogens (tertiary/aromatic N) is 4. The number of hydrogen-bond donors (Lipinski definition) is 1. The zero-order chi connectivity index (χ0) is 18.5. The molecule has 1 saturated heterocycles. The highest BCUT2D eigenvalue weighted by Crippen LogP contribution is 2.39. The molecule has 2 heterocycles. The Kier molecular flexibility index (Phi) is 5.37. The number of benzene rings is 1. The number of ether oxygens (including phenoxy) is 1. The molecule has 2 aromatic rings. The summed E-state index contributed by atoms with van der Waals surface area (Å²) in [6.45, 7) is 3.90. The summed E-state index contributed by atoms with van der Waals surface area (Å²) in [6.07, 6.45) is 4.13. The Morgan fingerprint density at radius 2 is 1.89 bits per heavy atom. The van der Waals surface area contributed by atoms with Gasteiger partial charge in [-0.2, -0.15) is 0 Å². The van der Waals surface area contributed by atoms with E-state index in [9.17, 15) is 4.79 Å². The predicted molar refractivity (Wildman–Crippen MR) is 103 cm³/mol. The third kappa shape index (κ3) is 4.67.